The molecule has 0 aromatic carbocycles. The number of aliphatic hydroxyl groups excluding tert-OH is 5. The van der Waals surface area contributed by atoms with E-state index in [1.54, 1.807) is 6.08 Å². The quantitative estimate of drug-likeness (QED) is 0.0195. The molecule has 7 atom stereocenters. The summed E-state index contributed by atoms with van der Waals surface area (Å²) in [6, 6.07) is -0.835. The van der Waals surface area contributed by atoms with Crippen LogP contribution in [0.25, 0.3) is 0 Å². The van der Waals surface area contributed by atoms with Crippen molar-refractivity contribution in [1.82, 2.24) is 5.32 Å². The van der Waals surface area contributed by atoms with Crippen LogP contribution >= 0.6 is 0 Å². The van der Waals surface area contributed by atoms with Crippen molar-refractivity contribution in [3.8, 4) is 0 Å². The molecule has 1 heterocycles. The lowest BCUT2D eigenvalue weighted by molar-refractivity contribution is -0.302. The van der Waals surface area contributed by atoms with Gasteiger partial charge in [-0.15, -0.1) is 0 Å². The van der Waals surface area contributed by atoms with E-state index in [0.29, 0.717) is 19.4 Å². The van der Waals surface area contributed by atoms with Gasteiger partial charge in [0.25, 0.3) is 0 Å². The Morgan fingerprint density at radius 2 is 0.935 bits per heavy atom. The lowest BCUT2D eigenvalue weighted by Crippen LogP contribution is -2.60. The van der Waals surface area contributed by atoms with Crippen molar-refractivity contribution in [2.75, 3.05) is 19.8 Å². The Morgan fingerprint density at radius 3 is 1.43 bits per heavy atom. The Labute approximate surface area is 471 Å². The first-order chi connectivity index (χ1) is 37.7. The number of nitrogens with one attached hydrogen (secondary N) is 1. The first-order valence-corrected chi connectivity index (χ1v) is 32.0. The second-order valence-electron chi connectivity index (χ2n) is 22.1. The van der Waals surface area contributed by atoms with Gasteiger partial charge < -0.3 is 45.1 Å². The summed E-state index contributed by atoms with van der Waals surface area (Å²) in [6.07, 6.45) is 62.3. The predicted octanol–water partition coefficient (Wildman–Crippen LogP) is 15.4. The average molecular weight is 1090 g/mol. The zero-order valence-corrected chi connectivity index (χ0v) is 49.4. The van der Waals surface area contributed by atoms with Gasteiger partial charge in [-0.25, -0.2) is 0 Å². The SMILES string of the molecule is C/C=C/CC/C=C/CC/C=C/C(O)C(COC1OC(CO)C(O)C(O)C1O)NC(=O)CCCCCCCCCCCCCCC/C=C\C/C=C\CCCCCCCCCCCOC(=O)CCCCCCCCCCCCC. The van der Waals surface area contributed by atoms with Crippen molar-refractivity contribution in [2.24, 2.45) is 0 Å². The van der Waals surface area contributed by atoms with E-state index in [9.17, 15) is 35.1 Å². The van der Waals surface area contributed by atoms with Crippen LogP contribution in [0.2, 0.25) is 0 Å². The molecule has 1 aliphatic heterocycles. The molecule has 77 heavy (non-hydrogen) atoms. The van der Waals surface area contributed by atoms with Gasteiger partial charge in [-0.2, -0.15) is 0 Å². The van der Waals surface area contributed by atoms with Gasteiger partial charge in [0.2, 0.25) is 5.91 Å². The van der Waals surface area contributed by atoms with Crippen LogP contribution in [0, 0.1) is 0 Å². The van der Waals surface area contributed by atoms with Gasteiger partial charge in [0, 0.05) is 12.8 Å². The molecular weight excluding hydrogens is 967 g/mol. The molecule has 0 aromatic rings. The highest BCUT2D eigenvalue weighted by Crippen LogP contribution is 2.23. The van der Waals surface area contributed by atoms with Crippen molar-refractivity contribution in [2.45, 2.75) is 326 Å². The molecule has 0 aliphatic carbocycles. The third-order valence-electron chi connectivity index (χ3n) is 14.9. The summed E-state index contributed by atoms with van der Waals surface area (Å²) in [5, 5.41) is 54.2. The van der Waals surface area contributed by atoms with Crippen LogP contribution in [0.1, 0.15) is 284 Å². The second-order valence-corrected chi connectivity index (χ2v) is 22.1. The highest BCUT2D eigenvalue weighted by atomic mass is 16.7. The lowest BCUT2D eigenvalue weighted by Gasteiger charge is -2.40. The van der Waals surface area contributed by atoms with Gasteiger partial charge in [0.15, 0.2) is 6.29 Å². The zero-order valence-electron chi connectivity index (χ0n) is 49.4. The second kappa shape index (κ2) is 55.3. The van der Waals surface area contributed by atoms with Crippen LogP contribution in [-0.4, -0.2) is 100 Å². The fourth-order valence-electron chi connectivity index (χ4n) is 9.86. The number of unbranched alkanes of at least 4 members (excludes halogenated alkanes) is 34. The molecular formula is C66H119NO10. The van der Waals surface area contributed by atoms with Gasteiger partial charge in [-0.3, -0.25) is 9.59 Å². The summed E-state index contributed by atoms with van der Waals surface area (Å²) < 4.78 is 16.6. The van der Waals surface area contributed by atoms with E-state index < -0.39 is 49.5 Å². The minimum absolute atomic E-state index is 0.00191. The number of allylic oxidation sites excluding steroid dienone is 9. The Bertz CT molecular complexity index is 1460. The summed E-state index contributed by atoms with van der Waals surface area (Å²) in [4.78, 5) is 25.0. The Balaban J connectivity index is 1.98. The molecule has 0 bridgehead atoms. The fourth-order valence-corrected chi connectivity index (χ4v) is 9.86. The van der Waals surface area contributed by atoms with Crippen molar-refractivity contribution < 1.29 is 49.3 Å². The summed E-state index contributed by atoms with van der Waals surface area (Å²) in [5.41, 5.74) is 0. The molecule has 1 fully saturated rings. The smallest absolute Gasteiger partial charge is 0.305 e. The highest BCUT2D eigenvalue weighted by Gasteiger charge is 2.44. The highest BCUT2D eigenvalue weighted by molar-refractivity contribution is 5.76. The number of carbonyl (C=O) groups is 2. The van der Waals surface area contributed by atoms with Crippen LogP contribution in [0.15, 0.2) is 60.8 Å². The molecule has 0 spiro atoms. The number of hydrogen-bond acceptors (Lipinski definition) is 10. The first kappa shape index (κ1) is 72.4. The molecule has 11 nitrogen and oxygen atoms in total. The molecule has 7 unspecified atom stereocenters. The number of esters is 1. The third kappa shape index (κ3) is 44.8. The largest absolute Gasteiger partial charge is 0.466 e. The molecule has 1 rings (SSSR count). The molecule has 11 heteroatoms. The minimum atomic E-state index is -1.58. The van der Waals surface area contributed by atoms with E-state index in [2.05, 4.69) is 54.8 Å². The van der Waals surface area contributed by atoms with E-state index in [0.717, 1.165) is 70.6 Å². The lowest BCUT2D eigenvalue weighted by atomic mass is 9.99. The molecule has 1 aliphatic rings. The Morgan fingerprint density at radius 1 is 0.506 bits per heavy atom. The Kier molecular flexibility index (Phi) is 52.0. The van der Waals surface area contributed by atoms with Crippen LogP contribution in [0.5, 0.6) is 0 Å². The minimum Gasteiger partial charge on any atom is -0.466 e. The maximum Gasteiger partial charge on any atom is 0.305 e. The Hall–Kier alpha value is -2.64. The molecule has 0 radical (unpaired) electrons. The number of aliphatic hydroxyl groups is 5. The summed E-state index contributed by atoms with van der Waals surface area (Å²) >= 11 is 0. The predicted molar refractivity (Wildman–Crippen MR) is 320 cm³/mol. The van der Waals surface area contributed by atoms with Gasteiger partial charge in [-0.1, -0.05) is 247 Å². The summed E-state index contributed by atoms with van der Waals surface area (Å²) in [5.74, 6) is -0.199. The van der Waals surface area contributed by atoms with Crippen molar-refractivity contribution in [3.63, 3.8) is 0 Å². The van der Waals surface area contributed by atoms with Crippen LogP contribution in [0.4, 0.5) is 0 Å². The van der Waals surface area contributed by atoms with Gasteiger partial charge in [-0.05, 0) is 84.0 Å². The van der Waals surface area contributed by atoms with Gasteiger partial charge in [0.05, 0.1) is 32.0 Å². The number of ether oxygens (including phenoxy) is 3. The van der Waals surface area contributed by atoms with E-state index in [1.807, 2.05) is 19.1 Å². The van der Waals surface area contributed by atoms with Crippen molar-refractivity contribution in [1.29, 1.82) is 0 Å². The molecule has 0 saturated carbocycles. The van der Waals surface area contributed by atoms with Crippen molar-refractivity contribution in [3.05, 3.63) is 60.8 Å². The van der Waals surface area contributed by atoms with Gasteiger partial charge in [0.1, 0.15) is 24.4 Å². The molecule has 6 N–H and O–H groups in total. The number of amides is 1. The summed E-state index contributed by atoms with van der Waals surface area (Å²) in [6.45, 7) is 4.09. The van der Waals surface area contributed by atoms with Gasteiger partial charge >= 0.3 is 5.97 Å². The third-order valence-corrected chi connectivity index (χ3v) is 14.9. The van der Waals surface area contributed by atoms with Crippen LogP contribution in [-0.2, 0) is 23.8 Å². The maximum atomic E-state index is 13.0. The monoisotopic (exact) mass is 1090 g/mol. The maximum absolute atomic E-state index is 13.0. The van der Waals surface area contributed by atoms with E-state index >= 15 is 0 Å². The van der Waals surface area contributed by atoms with E-state index in [-0.39, 0.29) is 18.5 Å². The summed E-state index contributed by atoms with van der Waals surface area (Å²) in [7, 11) is 0. The standard InChI is InChI=1S/C66H119NO10/c1-3-5-7-9-11-13-33-38-42-46-50-54-62(71)75-55-51-47-43-39-35-32-30-28-26-24-22-20-18-16-14-15-17-19-21-23-25-27-29-31-34-37-41-45-49-53-61(70)67-58(59(69)52-48-44-40-36-12-10-8-6-4-2)57-76-66-65(74)64(73)63(72)60(56-68)77-66/h4,6,12,14,16,20,22,36,48,52,58-60,63-66,68-69,72-74H,3,5,7-11,13,15,17-19,21,23-35,37-47,49-51,53-57H2,1-2H3,(H,67,70)/b6-4+,16-14-,22-20-,36-12+,52-48+. The zero-order chi connectivity index (χ0) is 55.9. The average Bonchev–Trinajstić information content (AvgIpc) is 3.43. The van der Waals surface area contributed by atoms with E-state index in [1.165, 1.54) is 186 Å². The van der Waals surface area contributed by atoms with Crippen LogP contribution < -0.4 is 5.32 Å². The number of hydrogen-bond donors (Lipinski definition) is 6. The van der Waals surface area contributed by atoms with E-state index in [4.69, 9.17) is 14.2 Å². The van der Waals surface area contributed by atoms with Crippen LogP contribution in [0.3, 0.4) is 0 Å². The molecule has 0 aromatic heterocycles. The fraction of sp³-hybridized carbons (Fsp3) is 0.818. The molecule has 448 valence electrons. The number of rotatable bonds is 55. The first-order valence-electron chi connectivity index (χ1n) is 32.0. The molecule has 1 saturated heterocycles. The van der Waals surface area contributed by atoms with Crippen molar-refractivity contribution >= 4 is 11.9 Å². The normalized spacial score (nSPS) is 19.0. The number of carbonyl (C=O) groups excluding carboxylic acids is 2. The molecule has 1 amide bonds. The topological polar surface area (TPSA) is 175 Å².